The second-order valence-corrected chi connectivity index (χ2v) is 10.7. The number of unbranched alkanes of at least 4 members (excludes halogenated alkanes) is 2. The molecule has 0 saturated carbocycles. The van der Waals surface area contributed by atoms with Gasteiger partial charge in [0.1, 0.15) is 17.1 Å². The Balaban J connectivity index is 1.66. The van der Waals surface area contributed by atoms with E-state index in [1.54, 1.807) is 60.8 Å². The fourth-order valence-electron chi connectivity index (χ4n) is 4.97. The third kappa shape index (κ3) is 4.79. The van der Waals surface area contributed by atoms with Gasteiger partial charge >= 0.3 is 5.91 Å². The van der Waals surface area contributed by atoms with Crippen molar-refractivity contribution in [3.8, 4) is 5.75 Å². The van der Waals surface area contributed by atoms with E-state index in [4.69, 9.17) is 4.74 Å². The molecule has 0 aliphatic carbocycles. The van der Waals surface area contributed by atoms with E-state index < -0.39 is 17.7 Å². The molecule has 0 bridgehead atoms. The average molecular weight is 559 g/mol. The molecule has 10 heteroatoms. The van der Waals surface area contributed by atoms with Crippen LogP contribution in [0.15, 0.2) is 54.2 Å². The number of imidazole rings is 1. The van der Waals surface area contributed by atoms with Crippen molar-refractivity contribution in [2.75, 3.05) is 11.5 Å². The summed E-state index contributed by atoms with van der Waals surface area (Å²) in [5, 5.41) is 11.9. The maximum absolute atomic E-state index is 13.6. The summed E-state index contributed by atoms with van der Waals surface area (Å²) in [5.41, 5.74) is 2.42. The predicted molar refractivity (Wildman–Crippen MR) is 153 cm³/mol. The number of amides is 1. The van der Waals surface area contributed by atoms with E-state index in [1.165, 1.54) is 11.8 Å². The molecule has 0 radical (unpaired) electrons. The van der Waals surface area contributed by atoms with Gasteiger partial charge in [-0.15, -0.1) is 0 Å². The Morgan fingerprint density at radius 2 is 1.80 bits per heavy atom. The number of Topliss-reactive ketones (excluding diaryl/α,β-unsaturated/α-hetero) is 2. The monoisotopic (exact) mass is 558 g/mol. The number of benzene rings is 1. The van der Waals surface area contributed by atoms with E-state index in [0.717, 1.165) is 30.6 Å². The van der Waals surface area contributed by atoms with Crippen LogP contribution < -0.4 is 9.64 Å². The zero-order valence-corrected chi connectivity index (χ0v) is 23.6. The van der Waals surface area contributed by atoms with Gasteiger partial charge in [-0.25, -0.2) is 9.97 Å². The zero-order chi connectivity index (χ0) is 28.6. The molecular formula is C30H30N4O5S. The van der Waals surface area contributed by atoms with Crippen molar-refractivity contribution in [3.05, 3.63) is 81.8 Å². The van der Waals surface area contributed by atoms with Crippen LogP contribution in [0.5, 0.6) is 5.75 Å². The molecule has 1 fully saturated rings. The smallest absolute Gasteiger partial charge is 0.301 e. The predicted octanol–water partition coefficient (Wildman–Crippen LogP) is 5.81. The molecule has 3 aromatic heterocycles. The van der Waals surface area contributed by atoms with Crippen molar-refractivity contribution >= 4 is 45.3 Å². The number of rotatable bonds is 9. The van der Waals surface area contributed by atoms with Crippen molar-refractivity contribution in [2.45, 2.75) is 53.0 Å². The summed E-state index contributed by atoms with van der Waals surface area (Å²) in [5.74, 6) is -1.52. The highest BCUT2D eigenvalue weighted by Crippen LogP contribution is 2.44. The number of thiazole rings is 1. The molecule has 1 unspecified atom stereocenters. The Kier molecular flexibility index (Phi) is 7.53. The van der Waals surface area contributed by atoms with Crippen LogP contribution in [-0.2, 0) is 9.59 Å². The number of ketones is 2. The van der Waals surface area contributed by atoms with Crippen LogP contribution in [0.25, 0.3) is 11.4 Å². The number of aryl methyl sites for hydroxylation is 2. The highest BCUT2D eigenvalue weighted by atomic mass is 32.1. The van der Waals surface area contributed by atoms with Crippen LogP contribution in [0.1, 0.15) is 71.5 Å². The molecule has 9 nitrogen and oxygen atoms in total. The first kappa shape index (κ1) is 27.3. The number of anilines is 1. The Bertz CT molecular complexity index is 1650. The molecule has 1 aromatic carbocycles. The number of aliphatic hydroxyl groups excluding tert-OH is 1. The normalized spacial score (nSPS) is 16.7. The maximum atomic E-state index is 13.6. The summed E-state index contributed by atoms with van der Waals surface area (Å²) in [7, 11) is 0. The molecule has 206 valence electrons. The van der Waals surface area contributed by atoms with Crippen LogP contribution in [0, 0.1) is 13.8 Å². The van der Waals surface area contributed by atoms with E-state index in [9.17, 15) is 19.5 Å². The number of hydrogen-bond donors (Lipinski definition) is 1. The second kappa shape index (κ2) is 11.1. The van der Waals surface area contributed by atoms with Gasteiger partial charge in [-0.2, -0.15) is 0 Å². The molecule has 1 amide bonds. The fourth-order valence-corrected chi connectivity index (χ4v) is 5.96. The van der Waals surface area contributed by atoms with E-state index in [-0.39, 0.29) is 22.2 Å². The van der Waals surface area contributed by atoms with Gasteiger partial charge in [-0.05, 0) is 50.1 Å². The number of pyridine rings is 1. The summed E-state index contributed by atoms with van der Waals surface area (Å²) >= 11 is 1.05. The highest BCUT2D eigenvalue weighted by molar-refractivity contribution is 7.18. The van der Waals surface area contributed by atoms with Crippen molar-refractivity contribution in [2.24, 2.45) is 0 Å². The van der Waals surface area contributed by atoms with Gasteiger partial charge in [0.15, 0.2) is 16.7 Å². The quantitative estimate of drug-likeness (QED) is 0.0907. The number of carbonyl (C=O) groups is 3. The number of ether oxygens (including phenoxy) is 1. The molecule has 1 aliphatic heterocycles. The van der Waals surface area contributed by atoms with Gasteiger partial charge in [0.05, 0.1) is 34.5 Å². The lowest BCUT2D eigenvalue weighted by molar-refractivity contribution is -0.132. The van der Waals surface area contributed by atoms with Crippen molar-refractivity contribution in [1.82, 2.24) is 14.4 Å². The molecule has 0 spiro atoms. The van der Waals surface area contributed by atoms with E-state index in [2.05, 4.69) is 16.9 Å². The lowest BCUT2D eigenvalue weighted by atomic mass is 9.96. The number of aromatic nitrogens is 3. The lowest BCUT2D eigenvalue weighted by Gasteiger charge is -2.23. The summed E-state index contributed by atoms with van der Waals surface area (Å²) in [6.07, 6.45) is 4.85. The van der Waals surface area contributed by atoms with Gasteiger partial charge in [0.2, 0.25) is 0 Å². The minimum absolute atomic E-state index is 0.0763. The molecule has 1 N–H and O–H groups in total. The Morgan fingerprint density at radius 1 is 1.05 bits per heavy atom. The van der Waals surface area contributed by atoms with Crippen molar-refractivity contribution in [3.63, 3.8) is 0 Å². The molecule has 1 aliphatic rings. The molecule has 5 rings (SSSR count). The standard InChI is InChI=1S/C30H30N4O5S/c1-5-6-9-16-39-21-13-11-20(12-14-21)25-23(26(36)24-17(2)31-22-10-7-8-15-33(22)24)27(37)29(38)34(25)30-32-18(3)28(40-30)19(4)35/h7-8,10-15,25,36H,5-6,9,16H2,1-4H3/b26-23+. The number of nitrogens with zero attached hydrogens (tertiary/aromatic N) is 4. The first-order chi connectivity index (χ1) is 19.2. The minimum atomic E-state index is -0.979. The molecule has 4 heterocycles. The summed E-state index contributed by atoms with van der Waals surface area (Å²) in [6.45, 7) is 7.58. The maximum Gasteiger partial charge on any atom is 0.301 e. The van der Waals surface area contributed by atoms with E-state index in [1.807, 2.05) is 6.07 Å². The molecule has 1 atom stereocenters. The van der Waals surface area contributed by atoms with Crippen molar-refractivity contribution in [1.29, 1.82) is 0 Å². The number of fused-ring (bicyclic) bond motifs is 1. The Labute approximate surface area is 235 Å². The van der Waals surface area contributed by atoms with Gasteiger partial charge in [0.25, 0.3) is 5.78 Å². The average Bonchev–Trinajstić information content (AvgIpc) is 3.57. The Hall–Kier alpha value is -4.31. The molecule has 40 heavy (non-hydrogen) atoms. The first-order valence-corrected chi connectivity index (χ1v) is 14.0. The van der Waals surface area contributed by atoms with Gasteiger partial charge in [0, 0.05) is 13.1 Å². The van der Waals surface area contributed by atoms with Gasteiger partial charge in [-0.3, -0.25) is 23.7 Å². The van der Waals surface area contributed by atoms with E-state index in [0.29, 0.717) is 45.5 Å². The number of aliphatic hydroxyl groups is 1. The third-order valence-electron chi connectivity index (χ3n) is 6.90. The third-order valence-corrected chi connectivity index (χ3v) is 8.15. The fraction of sp³-hybridized carbons (Fsp3) is 0.300. The summed E-state index contributed by atoms with van der Waals surface area (Å²) < 4.78 is 7.54. The van der Waals surface area contributed by atoms with Crippen LogP contribution in [0.4, 0.5) is 5.13 Å². The van der Waals surface area contributed by atoms with Crippen molar-refractivity contribution < 1.29 is 24.2 Å². The molecular weight excluding hydrogens is 528 g/mol. The van der Waals surface area contributed by atoms with Gasteiger partial charge in [-0.1, -0.05) is 49.3 Å². The number of hydrogen-bond acceptors (Lipinski definition) is 8. The van der Waals surface area contributed by atoms with Crippen LogP contribution in [-0.4, -0.2) is 43.6 Å². The van der Waals surface area contributed by atoms with Crippen LogP contribution in [0.3, 0.4) is 0 Å². The minimum Gasteiger partial charge on any atom is -0.505 e. The summed E-state index contributed by atoms with van der Waals surface area (Å²) in [4.78, 5) is 50.0. The summed E-state index contributed by atoms with van der Waals surface area (Å²) in [6, 6.07) is 11.6. The number of carbonyl (C=O) groups excluding carboxylic acids is 3. The van der Waals surface area contributed by atoms with Crippen LogP contribution in [0.2, 0.25) is 0 Å². The largest absolute Gasteiger partial charge is 0.505 e. The Morgan fingerprint density at radius 3 is 2.48 bits per heavy atom. The van der Waals surface area contributed by atoms with Crippen LogP contribution >= 0.6 is 11.3 Å². The van der Waals surface area contributed by atoms with Gasteiger partial charge < -0.3 is 9.84 Å². The topological polar surface area (TPSA) is 114 Å². The van der Waals surface area contributed by atoms with E-state index >= 15 is 0 Å². The zero-order valence-electron chi connectivity index (χ0n) is 22.8. The molecule has 4 aromatic rings. The first-order valence-electron chi connectivity index (χ1n) is 13.2. The highest BCUT2D eigenvalue weighted by Gasteiger charge is 2.48. The molecule has 1 saturated heterocycles. The SMILES string of the molecule is CCCCCOc1ccc(C2/C(=C(\O)c3c(C)nc4ccccn34)C(=O)C(=O)N2c2nc(C)c(C(C)=O)s2)cc1. The second-order valence-electron chi connectivity index (χ2n) is 9.74. The lowest BCUT2D eigenvalue weighted by Crippen LogP contribution is -2.29.